The molecule has 0 saturated heterocycles. The van der Waals surface area contributed by atoms with Crippen molar-refractivity contribution in [2.75, 3.05) is 291 Å². The Kier molecular flexibility index (Phi) is 56.3. The first kappa shape index (κ1) is 99.8. The summed E-state index contributed by atoms with van der Waals surface area (Å²) in [6, 6.07) is 0. The Morgan fingerprint density at radius 2 is 0.327 bits per heavy atom. The Hall–Kier alpha value is -1.20. The molecule has 0 fully saturated rings. The molecule has 101 heavy (non-hydrogen) atoms. The third-order valence-electron chi connectivity index (χ3n) is 18.0. The Morgan fingerprint density at radius 3 is 0.475 bits per heavy atom. The molecule has 0 aliphatic heterocycles. The minimum absolute atomic E-state index is 0.0481. The lowest BCUT2D eigenvalue weighted by Gasteiger charge is -2.28. The van der Waals surface area contributed by atoms with Crippen LogP contribution in [-0.2, 0) is 61.6 Å². The average Bonchev–Trinajstić information content (AvgIpc) is 1.05. The summed E-state index contributed by atoms with van der Waals surface area (Å²) < 4.78 is 80.4. The van der Waals surface area contributed by atoms with E-state index in [2.05, 4.69) is 5.32 Å². The maximum Gasteiger partial charge on any atom is 0.0564 e. The zero-order valence-corrected chi connectivity index (χ0v) is 63.2. The monoisotopic (exact) mass is 1480 g/mol. The fourth-order valence-corrected chi connectivity index (χ4v) is 9.24. The van der Waals surface area contributed by atoms with Gasteiger partial charge in [-0.2, -0.15) is 0 Å². The van der Waals surface area contributed by atoms with Crippen LogP contribution in [0.4, 0.5) is 0 Å². The van der Waals surface area contributed by atoms with Crippen LogP contribution in [0.2, 0.25) is 0 Å². The summed E-state index contributed by atoms with van der Waals surface area (Å²) in [5.41, 5.74) is -7.03. The van der Waals surface area contributed by atoms with Gasteiger partial charge < -0.3 is 149 Å². The van der Waals surface area contributed by atoms with Crippen LogP contribution in [0.5, 0.6) is 0 Å². The molecule has 0 aromatic rings. The van der Waals surface area contributed by atoms with Crippen LogP contribution < -0.4 is 5.32 Å². The Labute approximate surface area is 603 Å². The molecule has 2 atom stereocenters. The molecule has 2 unspecified atom stereocenters. The van der Waals surface area contributed by atoms with Gasteiger partial charge in [0, 0.05) is 91.3 Å². The zero-order chi connectivity index (χ0) is 76.2. The van der Waals surface area contributed by atoms with Gasteiger partial charge in [-0.3, -0.25) is 0 Å². The van der Waals surface area contributed by atoms with Crippen LogP contribution in [-0.4, -0.2) is 373 Å². The number of hydrogen-bond acceptors (Lipinski definition) is 30. The number of nitrogens with one attached hydrogen (secondary N) is 1. The van der Waals surface area contributed by atoms with Crippen molar-refractivity contribution in [3.63, 3.8) is 0 Å². The van der Waals surface area contributed by atoms with E-state index in [0.29, 0.717) is 26.0 Å². The van der Waals surface area contributed by atoms with E-state index in [0.717, 1.165) is 12.8 Å². The SMILES string of the molecule is CNCC(COCC(CCCCC(COCC(C)(CO)CO)COCC(C)(CO)CO)COCC(COCC(C)(CO)CO)COCC(C)(CO)CO)COCC(COCC(COCC(C)(CO)CO)COCC(C)(CO)CO)COCC(COCC(C)(CO)CO)COCC(C)(CO)CO. The van der Waals surface area contributed by atoms with Gasteiger partial charge in [-0.15, -0.1) is 0 Å². The van der Waals surface area contributed by atoms with Crippen LogP contribution in [0, 0.1) is 84.7 Å². The lowest BCUT2D eigenvalue weighted by Crippen LogP contribution is -2.36. The van der Waals surface area contributed by atoms with E-state index < -0.39 is 43.3 Å². The van der Waals surface area contributed by atoms with Crippen molar-refractivity contribution in [1.82, 2.24) is 5.32 Å². The quantitative estimate of drug-likeness (QED) is 0.0299. The van der Waals surface area contributed by atoms with Crippen molar-refractivity contribution >= 4 is 0 Å². The summed E-state index contributed by atoms with van der Waals surface area (Å²) in [5.74, 6) is -1.78. The molecule has 0 aromatic heterocycles. The fourth-order valence-electron chi connectivity index (χ4n) is 9.24. The van der Waals surface area contributed by atoms with E-state index in [1.54, 1.807) is 55.4 Å². The summed E-state index contributed by atoms with van der Waals surface area (Å²) >= 11 is 0. The molecule has 30 nitrogen and oxygen atoms in total. The van der Waals surface area contributed by atoms with Crippen molar-refractivity contribution in [3.05, 3.63) is 0 Å². The highest BCUT2D eigenvalue weighted by molar-refractivity contribution is 4.79. The van der Waals surface area contributed by atoms with Gasteiger partial charge >= 0.3 is 0 Å². The zero-order valence-electron chi connectivity index (χ0n) is 63.2. The van der Waals surface area contributed by atoms with Crippen molar-refractivity contribution in [3.8, 4) is 0 Å². The molecule has 0 radical (unpaired) electrons. The number of unbranched alkanes of at least 4 members (excludes halogenated alkanes) is 1. The second-order valence-electron chi connectivity index (χ2n) is 31.7. The molecule has 0 heterocycles. The molecular weight excluding hydrogens is 1330 g/mol. The van der Waals surface area contributed by atoms with Crippen molar-refractivity contribution in [2.24, 2.45) is 84.7 Å². The normalized spacial score (nSPS) is 14.2. The van der Waals surface area contributed by atoms with Gasteiger partial charge in [0.15, 0.2) is 0 Å². The van der Waals surface area contributed by atoms with Gasteiger partial charge in [-0.05, 0) is 19.9 Å². The molecule has 30 heteroatoms. The smallest absolute Gasteiger partial charge is 0.0564 e. The standard InChI is InChI=1S/C71H145NO29/c1-64(33-73,34-74)49-94-17-58(18-95-50-65(2,35-75)36-76)13-11-10-12-57(16-90-24-61(27-96-51-66(3,37-77)38-78)28-97-52-67(4,39-79)40-80)15-89-19-59(14-72-9)20-91-21-60(22-92-25-62(29-98-53-68(5,41-81)42-82)30-99-54-69(6,43-83)44-84)23-93-26-63(31-100-55-70(7,45-85)46-86)32-101-56-71(8,47-87)48-88/h57-63,72-88H,10-56H2,1-9H3. The van der Waals surface area contributed by atoms with E-state index in [1.807, 2.05) is 7.05 Å². The number of ether oxygens (including phenoxy) is 13. The molecular formula is C71H145NO29. The highest BCUT2D eigenvalue weighted by Gasteiger charge is 2.32. The molecule has 0 saturated carbocycles. The van der Waals surface area contributed by atoms with Crippen LogP contribution in [0.1, 0.15) is 81.1 Å². The van der Waals surface area contributed by atoms with Gasteiger partial charge in [-0.1, -0.05) is 68.2 Å². The molecule has 0 aromatic carbocycles. The van der Waals surface area contributed by atoms with Gasteiger partial charge in [0.25, 0.3) is 0 Å². The lowest BCUT2D eigenvalue weighted by atomic mass is 9.94. The van der Waals surface area contributed by atoms with Crippen molar-refractivity contribution in [2.45, 2.75) is 81.1 Å². The third kappa shape index (κ3) is 45.4. The molecule has 17 N–H and O–H groups in total. The predicted octanol–water partition coefficient (Wildman–Crippen LogP) is -1.78. The Morgan fingerprint density at radius 1 is 0.198 bits per heavy atom. The average molecular weight is 1480 g/mol. The lowest BCUT2D eigenvalue weighted by molar-refractivity contribution is -0.0827. The minimum Gasteiger partial charge on any atom is -0.396 e. The van der Waals surface area contributed by atoms with Crippen molar-refractivity contribution < 1.29 is 143 Å². The number of aliphatic hydroxyl groups is 16. The first-order valence-corrected chi connectivity index (χ1v) is 36.0. The van der Waals surface area contributed by atoms with E-state index >= 15 is 0 Å². The minimum atomic E-state index is -0.897. The second kappa shape index (κ2) is 57.0. The van der Waals surface area contributed by atoms with Crippen LogP contribution in [0.25, 0.3) is 0 Å². The van der Waals surface area contributed by atoms with Gasteiger partial charge in [0.05, 0.1) is 277 Å². The molecule has 0 amide bonds. The maximum absolute atomic E-state index is 9.94. The van der Waals surface area contributed by atoms with E-state index in [4.69, 9.17) is 61.6 Å². The molecule has 0 bridgehead atoms. The number of aliphatic hydroxyl groups excluding tert-OH is 16. The number of hydrogen-bond donors (Lipinski definition) is 17. The topological polar surface area (TPSA) is 456 Å². The largest absolute Gasteiger partial charge is 0.396 e. The van der Waals surface area contributed by atoms with Crippen LogP contribution in [0.15, 0.2) is 0 Å². The van der Waals surface area contributed by atoms with Gasteiger partial charge in [0.1, 0.15) is 0 Å². The number of rotatable bonds is 75. The van der Waals surface area contributed by atoms with E-state index in [-0.39, 0.29) is 312 Å². The van der Waals surface area contributed by atoms with E-state index in [9.17, 15) is 81.7 Å². The highest BCUT2D eigenvalue weighted by atomic mass is 16.5. The maximum atomic E-state index is 9.94. The summed E-state index contributed by atoms with van der Waals surface area (Å²) in [6.07, 6.45) is 2.86. The fraction of sp³-hybridized carbons (Fsp3) is 1.00. The Bertz CT molecular complexity index is 1720. The van der Waals surface area contributed by atoms with Crippen LogP contribution in [0.3, 0.4) is 0 Å². The molecule has 608 valence electrons. The van der Waals surface area contributed by atoms with Crippen LogP contribution >= 0.6 is 0 Å². The van der Waals surface area contributed by atoms with Gasteiger partial charge in [0.2, 0.25) is 0 Å². The van der Waals surface area contributed by atoms with E-state index in [1.165, 1.54) is 0 Å². The van der Waals surface area contributed by atoms with Gasteiger partial charge in [-0.25, -0.2) is 0 Å². The highest BCUT2D eigenvalue weighted by Crippen LogP contribution is 2.25. The molecule has 0 rings (SSSR count). The predicted molar refractivity (Wildman–Crippen MR) is 376 cm³/mol. The second-order valence-corrected chi connectivity index (χ2v) is 31.7. The third-order valence-corrected chi connectivity index (χ3v) is 18.0. The first-order valence-electron chi connectivity index (χ1n) is 36.0. The Balaban J connectivity index is 6.94. The summed E-state index contributed by atoms with van der Waals surface area (Å²) in [4.78, 5) is 0. The first-order chi connectivity index (χ1) is 48.1. The summed E-state index contributed by atoms with van der Waals surface area (Å²) in [7, 11) is 1.83. The molecule has 0 aliphatic rings. The van der Waals surface area contributed by atoms with Crippen molar-refractivity contribution in [1.29, 1.82) is 0 Å². The molecule has 0 spiro atoms. The summed E-state index contributed by atoms with van der Waals surface area (Å²) in [5, 5.41) is 162. The summed E-state index contributed by atoms with van der Waals surface area (Å²) in [6.45, 7) is 13.4. The molecule has 0 aliphatic carbocycles.